The fourth-order valence-corrected chi connectivity index (χ4v) is 3.94. The summed E-state index contributed by atoms with van der Waals surface area (Å²) in [6, 6.07) is 10.2. The van der Waals surface area contributed by atoms with Crippen LogP contribution >= 0.6 is 11.3 Å². The normalized spacial score (nSPS) is 17.4. The van der Waals surface area contributed by atoms with E-state index < -0.39 is 0 Å². The fourth-order valence-electron chi connectivity index (χ4n) is 3.06. The van der Waals surface area contributed by atoms with Crippen LogP contribution in [0.15, 0.2) is 35.7 Å². The molecule has 3 heteroatoms. The molecule has 0 aliphatic heterocycles. The number of hydrogen-bond donors (Lipinski definition) is 1. The van der Waals surface area contributed by atoms with Gasteiger partial charge in [-0.05, 0) is 12.3 Å². The van der Waals surface area contributed by atoms with E-state index in [-0.39, 0.29) is 6.10 Å². The molecule has 106 valence electrons. The van der Waals surface area contributed by atoms with E-state index in [1.54, 1.807) is 11.3 Å². The van der Waals surface area contributed by atoms with Crippen molar-refractivity contribution in [2.45, 2.75) is 44.6 Å². The SMILES string of the molecule is OC(Cc1nc(-c2ccccc2)cs1)CC1CCCC1. The Labute approximate surface area is 124 Å². The van der Waals surface area contributed by atoms with Crippen molar-refractivity contribution < 1.29 is 5.11 Å². The lowest BCUT2D eigenvalue weighted by molar-refractivity contribution is 0.143. The highest BCUT2D eigenvalue weighted by atomic mass is 32.1. The number of aliphatic hydroxyl groups is 1. The molecule has 1 heterocycles. The van der Waals surface area contributed by atoms with Crippen LogP contribution in [0, 0.1) is 5.92 Å². The zero-order valence-corrected chi connectivity index (χ0v) is 12.5. The van der Waals surface area contributed by atoms with Gasteiger partial charge in [0.15, 0.2) is 0 Å². The van der Waals surface area contributed by atoms with Crippen LogP contribution in [0.4, 0.5) is 0 Å². The van der Waals surface area contributed by atoms with Crippen LogP contribution in [0.1, 0.15) is 37.1 Å². The van der Waals surface area contributed by atoms with Crippen LogP contribution in [0.2, 0.25) is 0 Å². The van der Waals surface area contributed by atoms with Crippen molar-refractivity contribution in [3.8, 4) is 11.3 Å². The van der Waals surface area contributed by atoms with Gasteiger partial charge in [0.25, 0.3) is 0 Å². The maximum absolute atomic E-state index is 10.2. The van der Waals surface area contributed by atoms with E-state index in [0.29, 0.717) is 6.42 Å². The summed E-state index contributed by atoms with van der Waals surface area (Å²) in [5.74, 6) is 0.735. The van der Waals surface area contributed by atoms with Crippen molar-refractivity contribution in [1.29, 1.82) is 0 Å². The van der Waals surface area contributed by atoms with Gasteiger partial charge in [-0.25, -0.2) is 4.98 Å². The van der Waals surface area contributed by atoms with Crippen LogP contribution in [0.5, 0.6) is 0 Å². The molecule has 1 aromatic carbocycles. The Kier molecular flexibility index (Phi) is 4.48. The third-order valence-corrected chi connectivity index (χ3v) is 4.98. The molecule has 1 aliphatic rings. The highest BCUT2D eigenvalue weighted by molar-refractivity contribution is 7.09. The number of benzene rings is 1. The van der Waals surface area contributed by atoms with Gasteiger partial charge < -0.3 is 5.11 Å². The molecule has 0 amide bonds. The second-order valence-electron chi connectivity index (χ2n) is 5.74. The minimum atomic E-state index is -0.229. The Morgan fingerprint density at radius 1 is 1.20 bits per heavy atom. The topological polar surface area (TPSA) is 33.1 Å². The van der Waals surface area contributed by atoms with Gasteiger partial charge in [-0.1, -0.05) is 56.0 Å². The smallest absolute Gasteiger partial charge is 0.0958 e. The predicted octanol–water partition coefficient (Wildman–Crippen LogP) is 4.29. The lowest BCUT2D eigenvalue weighted by Gasteiger charge is -2.13. The quantitative estimate of drug-likeness (QED) is 0.889. The Morgan fingerprint density at radius 2 is 1.95 bits per heavy atom. The number of thiazole rings is 1. The lowest BCUT2D eigenvalue weighted by Crippen LogP contribution is -2.14. The molecule has 0 bridgehead atoms. The van der Waals surface area contributed by atoms with Crippen molar-refractivity contribution in [3.05, 3.63) is 40.7 Å². The fraction of sp³-hybridized carbons (Fsp3) is 0.471. The summed E-state index contributed by atoms with van der Waals surface area (Å²) in [7, 11) is 0. The van der Waals surface area contributed by atoms with E-state index in [1.165, 1.54) is 25.7 Å². The van der Waals surface area contributed by atoms with E-state index >= 15 is 0 Å². The molecule has 1 fully saturated rings. The minimum Gasteiger partial charge on any atom is -0.393 e. The van der Waals surface area contributed by atoms with Gasteiger partial charge in [-0.2, -0.15) is 0 Å². The Balaban J connectivity index is 1.59. The van der Waals surface area contributed by atoms with E-state index in [4.69, 9.17) is 0 Å². The minimum absolute atomic E-state index is 0.229. The highest BCUT2D eigenvalue weighted by Gasteiger charge is 2.19. The molecule has 1 saturated carbocycles. The van der Waals surface area contributed by atoms with Crippen molar-refractivity contribution in [2.75, 3.05) is 0 Å². The Morgan fingerprint density at radius 3 is 2.70 bits per heavy atom. The largest absolute Gasteiger partial charge is 0.393 e. The first-order valence-corrected chi connectivity index (χ1v) is 8.37. The van der Waals surface area contributed by atoms with E-state index in [2.05, 4.69) is 22.5 Å². The summed E-state index contributed by atoms with van der Waals surface area (Å²) < 4.78 is 0. The number of aromatic nitrogens is 1. The summed E-state index contributed by atoms with van der Waals surface area (Å²) in [6.07, 6.45) is 6.69. The first-order chi connectivity index (χ1) is 9.81. The molecular formula is C17H21NOS. The lowest BCUT2D eigenvalue weighted by atomic mass is 9.99. The molecule has 0 saturated heterocycles. The molecule has 1 N–H and O–H groups in total. The summed E-state index contributed by atoms with van der Waals surface area (Å²) in [5.41, 5.74) is 2.18. The second kappa shape index (κ2) is 6.51. The number of nitrogens with zero attached hydrogens (tertiary/aromatic N) is 1. The maximum atomic E-state index is 10.2. The summed E-state index contributed by atoms with van der Waals surface area (Å²) >= 11 is 1.66. The Hall–Kier alpha value is -1.19. The number of rotatable bonds is 5. The molecular weight excluding hydrogens is 266 g/mol. The molecule has 1 unspecified atom stereocenters. The molecule has 0 spiro atoms. The van der Waals surface area contributed by atoms with Gasteiger partial charge in [-0.15, -0.1) is 11.3 Å². The number of hydrogen-bond acceptors (Lipinski definition) is 3. The van der Waals surface area contributed by atoms with Crippen LogP contribution in [-0.4, -0.2) is 16.2 Å². The third kappa shape index (κ3) is 3.47. The highest BCUT2D eigenvalue weighted by Crippen LogP contribution is 2.30. The molecule has 3 rings (SSSR count). The first kappa shape index (κ1) is 13.8. The molecule has 2 aromatic rings. The molecule has 1 atom stereocenters. The van der Waals surface area contributed by atoms with Crippen molar-refractivity contribution in [2.24, 2.45) is 5.92 Å². The van der Waals surface area contributed by atoms with Crippen molar-refractivity contribution in [1.82, 2.24) is 4.98 Å². The van der Waals surface area contributed by atoms with Crippen LogP contribution in [-0.2, 0) is 6.42 Å². The molecule has 0 radical (unpaired) electrons. The van der Waals surface area contributed by atoms with Crippen LogP contribution in [0.3, 0.4) is 0 Å². The van der Waals surface area contributed by atoms with Gasteiger partial charge in [0.2, 0.25) is 0 Å². The van der Waals surface area contributed by atoms with Gasteiger partial charge in [0, 0.05) is 17.4 Å². The average molecular weight is 287 g/mol. The monoisotopic (exact) mass is 287 g/mol. The van der Waals surface area contributed by atoms with Gasteiger partial charge in [0.1, 0.15) is 0 Å². The maximum Gasteiger partial charge on any atom is 0.0958 e. The summed E-state index contributed by atoms with van der Waals surface area (Å²) in [6.45, 7) is 0. The summed E-state index contributed by atoms with van der Waals surface area (Å²) in [4.78, 5) is 4.65. The predicted molar refractivity (Wildman–Crippen MR) is 83.8 cm³/mol. The zero-order chi connectivity index (χ0) is 13.8. The van der Waals surface area contributed by atoms with E-state index in [0.717, 1.165) is 28.6 Å². The summed E-state index contributed by atoms with van der Waals surface area (Å²) in [5, 5.41) is 13.4. The molecule has 1 aliphatic carbocycles. The Bertz CT molecular complexity index is 531. The second-order valence-corrected chi connectivity index (χ2v) is 6.68. The molecule has 1 aromatic heterocycles. The van der Waals surface area contributed by atoms with Crippen LogP contribution < -0.4 is 0 Å². The third-order valence-electron chi connectivity index (χ3n) is 4.11. The molecule has 2 nitrogen and oxygen atoms in total. The zero-order valence-electron chi connectivity index (χ0n) is 11.7. The van der Waals surface area contributed by atoms with Crippen molar-refractivity contribution in [3.63, 3.8) is 0 Å². The van der Waals surface area contributed by atoms with Gasteiger partial charge in [0.05, 0.1) is 16.8 Å². The van der Waals surface area contributed by atoms with E-state index in [9.17, 15) is 5.11 Å². The average Bonchev–Trinajstić information content (AvgIpc) is 3.11. The first-order valence-electron chi connectivity index (χ1n) is 7.49. The van der Waals surface area contributed by atoms with Crippen molar-refractivity contribution >= 4 is 11.3 Å². The van der Waals surface area contributed by atoms with Gasteiger partial charge >= 0.3 is 0 Å². The molecule has 20 heavy (non-hydrogen) atoms. The standard InChI is InChI=1S/C17H21NOS/c19-15(10-13-6-4-5-7-13)11-17-18-16(12-20-17)14-8-2-1-3-9-14/h1-3,8-9,12-13,15,19H,4-7,10-11H2. The van der Waals surface area contributed by atoms with Gasteiger partial charge in [-0.3, -0.25) is 0 Å². The number of aliphatic hydroxyl groups excluding tert-OH is 1. The van der Waals surface area contributed by atoms with E-state index in [1.807, 2.05) is 18.2 Å². The van der Waals surface area contributed by atoms with Crippen LogP contribution in [0.25, 0.3) is 11.3 Å².